The monoisotopic (exact) mass is 387 g/mol. The summed E-state index contributed by atoms with van der Waals surface area (Å²) in [6.07, 6.45) is 0. The maximum absolute atomic E-state index is 12.7. The van der Waals surface area contributed by atoms with Crippen LogP contribution in [0.2, 0.25) is 5.02 Å². The van der Waals surface area contributed by atoms with Gasteiger partial charge in [-0.05, 0) is 55.8 Å². The third-order valence-corrected chi connectivity index (χ3v) is 5.19. The van der Waals surface area contributed by atoms with Gasteiger partial charge in [0.25, 0.3) is 0 Å². The van der Waals surface area contributed by atoms with E-state index in [0.717, 1.165) is 17.0 Å². The Labute approximate surface area is 160 Å². The topological polar surface area (TPSA) is 77.2 Å². The van der Waals surface area contributed by atoms with Gasteiger partial charge in [0.1, 0.15) is 16.4 Å². The maximum Gasteiger partial charge on any atom is 0.206 e. The van der Waals surface area contributed by atoms with Crippen molar-refractivity contribution in [2.45, 2.75) is 13.8 Å². The minimum atomic E-state index is -0.168. The van der Waals surface area contributed by atoms with Crippen molar-refractivity contribution in [3.05, 3.63) is 63.5 Å². The summed E-state index contributed by atoms with van der Waals surface area (Å²) in [4.78, 5) is 17.4. The molecule has 0 aliphatic carbocycles. The van der Waals surface area contributed by atoms with Gasteiger partial charge in [-0.3, -0.25) is 4.79 Å². The summed E-state index contributed by atoms with van der Waals surface area (Å²) < 4.78 is 5.39. The summed E-state index contributed by atoms with van der Waals surface area (Å²) in [6, 6.07) is 12.5. The molecule has 0 bridgehead atoms. The SMILES string of the molecule is CCOc1ccc(C(=O)c2sc(Nc3cccc(Cl)c3C)nc2N)cc1. The summed E-state index contributed by atoms with van der Waals surface area (Å²) in [5, 5.41) is 4.38. The molecule has 0 saturated carbocycles. The number of thiazole rings is 1. The molecule has 0 aliphatic heterocycles. The number of carbonyl (C=O) groups excluding carboxylic acids is 1. The van der Waals surface area contributed by atoms with Gasteiger partial charge >= 0.3 is 0 Å². The van der Waals surface area contributed by atoms with Gasteiger partial charge in [-0.2, -0.15) is 0 Å². The van der Waals surface area contributed by atoms with Crippen molar-refractivity contribution < 1.29 is 9.53 Å². The molecule has 134 valence electrons. The highest BCUT2D eigenvalue weighted by Crippen LogP contribution is 2.32. The quantitative estimate of drug-likeness (QED) is 0.578. The van der Waals surface area contributed by atoms with E-state index in [2.05, 4.69) is 10.3 Å². The van der Waals surface area contributed by atoms with Gasteiger partial charge < -0.3 is 15.8 Å². The summed E-state index contributed by atoms with van der Waals surface area (Å²) in [7, 11) is 0. The van der Waals surface area contributed by atoms with Gasteiger partial charge in [0, 0.05) is 16.3 Å². The average molecular weight is 388 g/mol. The Morgan fingerprint density at radius 3 is 2.69 bits per heavy atom. The van der Waals surface area contributed by atoms with Crippen LogP contribution < -0.4 is 15.8 Å². The zero-order valence-electron chi connectivity index (χ0n) is 14.4. The van der Waals surface area contributed by atoms with Crippen LogP contribution in [-0.2, 0) is 0 Å². The number of nitrogens with two attached hydrogens (primary N) is 1. The van der Waals surface area contributed by atoms with Crippen molar-refractivity contribution in [2.24, 2.45) is 0 Å². The van der Waals surface area contributed by atoms with Gasteiger partial charge in [0.05, 0.1) is 6.61 Å². The summed E-state index contributed by atoms with van der Waals surface area (Å²) in [5.41, 5.74) is 8.23. The molecule has 0 fully saturated rings. The lowest BCUT2D eigenvalue weighted by Gasteiger charge is -2.07. The molecule has 5 nitrogen and oxygen atoms in total. The van der Waals surface area contributed by atoms with Gasteiger partial charge in [0.2, 0.25) is 5.78 Å². The standard InChI is InChI=1S/C19H18ClN3O2S/c1-3-25-13-9-7-12(8-10-13)16(24)17-18(21)23-19(26-17)22-15-6-4-5-14(20)11(15)2/h4-10H,3,21H2,1-2H3,(H,22,23). The molecule has 0 atom stereocenters. The van der Waals surface area contributed by atoms with Gasteiger partial charge in [-0.25, -0.2) is 4.98 Å². The number of carbonyl (C=O) groups is 1. The summed E-state index contributed by atoms with van der Waals surface area (Å²) in [6.45, 7) is 4.40. The number of anilines is 3. The van der Waals surface area contributed by atoms with Crippen molar-refractivity contribution in [3.8, 4) is 5.75 Å². The van der Waals surface area contributed by atoms with Crippen LogP contribution in [0, 0.1) is 6.92 Å². The van der Waals surface area contributed by atoms with E-state index >= 15 is 0 Å². The molecule has 2 aromatic carbocycles. The largest absolute Gasteiger partial charge is 0.494 e. The molecule has 3 N–H and O–H groups in total. The molecule has 0 saturated heterocycles. The molecule has 7 heteroatoms. The van der Waals surface area contributed by atoms with E-state index in [-0.39, 0.29) is 11.6 Å². The Hall–Kier alpha value is -2.57. The number of aromatic nitrogens is 1. The lowest BCUT2D eigenvalue weighted by Crippen LogP contribution is -2.02. The fraction of sp³-hybridized carbons (Fsp3) is 0.158. The molecule has 0 aliphatic rings. The normalized spacial score (nSPS) is 10.6. The van der Waals surface area contributed by atoms with Crippen molar-refractivity contribution >= 4 is 45.4 Å². The van der Waals surface area contributed by atoms with E-state index in [4.69, 9.17) is 22.1 Å². The number of nitrogen functional groups attached to an aromatic ring is 1. The maximum atomic E-state index is 12.7. The van der Waals surface area contributed by atoms with Crippen LogP contribution in [0.25, 0.3) is 0 Å². The zero-order chi connectivity index (χ0) is 18.7. The second kappa shape index (κ2) is 7.76. The highest BCUT2D eigenvalue weighted by Gasteiger charge is 2.18. The Kier molecular flexibility index (Phi) is 5.44. The number of benzene rings is 2. The van der Waals surface area contributed by atoms with Gasteiger partial charge in [-0.15, -0.1) is 0 Å². The number of rotatable bonds is 6. The first kappa shape index (κ1) is 18.2. The predicted octanol–water partition coefficient (Wildman–Crippen LogP) is 5.06. The van der Waals surface area contributed by atoms with Crippen LogP contribution in [0.5, 0.6) is 5.75 Å². The van der Waals surface area contributed by atoms with Gasteiger partial charge in [-0.1, -0.05) is 29.0 Å². The van der Waals surface area contributed by atoms with Crippen molar-refractivity contribution in [1.82, 2.24) is 4.98 Å². The highest BCUT2D eigenvalue weighted by atomic mass is 35.5. The van der Waals surface area contributed by atoms with E-state index in [9.17, 15) is 4.79 Å². The number of ether oxygens (including phenoxy) is 1. The Balaban J connectivity index is 1.83. The third kappa shape index (κ3) is 3.81. The lowest BCUT2D eigenvalue weighted by molar-refractivity contribution is 0.104. The van der Waals surface area contributed by atoms with Gasteiger partial charge in [0.15, 0.2) is 5.13 Å². The van der Waals surface area contributed by atoms with Crippen LogP contribution in [0.15, 0.2) is 42.5 Å². The fourth-order valence-corrected chi connectivity index (χ4v) is 3.44. The van der Waals surface area contributed by atoms with E-state index in [1.165, 1.54) is 11.3 Å². The second-order valence-electron chi connectivity index (χ2n) is 5.56. The zero-order valence-corrected chi connectivity index (χ0v) is 15.9. The first-order chi connectivity index (χ1) is 12.5. The molecule has 0 radical (unpaired) electrons. The molecule has 0 amide bonds. The summed E-state index contributed by atoms with van der Waals surface area (Å²) >= 11 is 7.35. The third-order valence-electron chi connectivity index (χ3n) is 3.80. The fourth-order valence-electron chi connectivity index (χ4n) is 2.41. The molecular formula is C19H18ClN3O2S. The molecule has 0 unspecified atom stereocenters. The van der Waals surface area contributed by atoms with E-state index < -0.39 is 0 Å². The second-order valence-corrected chi connectivity index (χ2v) is 6.96. The first-order valence-electron chi connectivity index (χ1n) is 8.05. The van der Waals surface area contributed by atoms with E-state index in [1.54, 1.807) is 24.3 Å². The first-order valence-corrected chi connectivity index (χ1v) is 9.25. The number of nitrogens with zero attached hydrogens (tertiary/aromatic N) is 1. The van der Waals surface area contributed by atoms with Crippen LogP contribution in [-0.4, -0.2) is 17.4 Å². The molecule has 1 aromatic heterocycles. The highest BCUT2D eigenvalue weighted by molar-refractivity contribution is 7.18. The minimum Gasteiger partial charge on any atom is -0.494 e. The Morgan fingerprint density at radius 1 is 1.27 bits per heavy atom. The molecule has 3 rings (SSSR count). The van der Waals surface area contributed by atoms with Crippen molar-refractivity contribution in [3.63, 3.8) is 0 Å². The van der Waals surface area contributed by atoms with Crippen LogP contribution in [0.4, 0.5) is 16.6 Å². The van der Waals surface area contributed by atoms with E-state index in [1.807, 2.05) is 32.0 Å². The number of hydrogen-bond donors (Lipinski definition) is 2. The molecule has 3 aromatic rings. The van der Waals surface area contributed by atoms with Crippen LogP contribution >= 0.6 is 22.9 Å². The number of halogens is 1. The Morgan fingerprint density at radius 2 is 2.00 bits per heavy atom. The number of nitrogens with one attached hydrogen (secondary N) is 1. The lowest BCUT2D eigenvalue weighted by atomic mass is 10.1. The number of ketones is 1. The van der Waals surface area contributed by atoms with Crippen molar-refractivity contribution in [2.75, 3.05) is 17.7 Å². The molecule has 0 spiro atoms. The molecule has 26 heavy (non-hydrogen) atoms. The van der Waals surface area contributed by atoms with Crippen molar-refractivity contribution in [1.29, 1.82) is 0 Å². The summed E-state index contributed by atoms with van der Waals surface area (Å²) in [5.74, 6) is 0.759. The van der Waals surface area contributed by atoms with Crippen LogP contribution in [0.3, 0.4) is 0 Å². The van der Waals surface area contributed by atoms with Crippen LogP contribution in [0.1, 0.15) is 27.7 Å². The minimum absolute atomic E-state index is 0.168. The number of hydrogen-bond acceptors (Lipinski definition) is 6. The Bertz CT molecular complexity index is 938. The molecule has 1 heterocycles. The molecular weight excluding hydrogens is 370 g/mol. The average Bonchev–Trinajstić information content (AvgIpc) is 2.99. The smallest absolute Gasteiger partial charge is 0.206 e. The van der Waals surface area contributed by atoms with E-state index in [0.29, 0.717) is 27.2 Å². The predicted molar refractivity (Wildman–Crippen MR) is 107 cm³/mol.